The quantitative estimate of drug-likeness (QED) is 0.795. The third-order valence-electron chi connectivity index (χ3n) is 4.14. The molecule has 1 N–H and O–H groups in total. The smallest absolute Gasteiger partial charge is 0.317 e. The molecule has 2 fully saturated rings. The van der Waals surface area contributed by atoms with Crippen molar-refractivity contribution < 1.29 is 4.79 Å². The Morgan fingerprint density at radius 2 is 2.00 bits per heavy atom. The molecule has 2 aliphatic rings. The van der Waals surface area contributed by atoms with Crippen LogP contribution >= 0.6 is 0 Å². The summed E-state index contributed by atoms with van der Waals surface area (Å²) in [5.41, 5.74) is 0. The Bertz CT molecular complexity index is 263. The zero-order chi connectivity index (χ0) is 12.3. The first-order chi connectivity index (χ1) is 8.20. The number of nitrogens with one attached hydrogen (secondary N) is 1. The van der Waals surface area contributed by atoms with Gasteiger partial charge in [0.05, 0.1) is 0 Å². The predicted octanol–water partition coefficient (Wildman–Crippen LogP) is 1.66. The minimum Gasteiger partial charge on any atom is -0.335 e. The summed E-state index contributed by atoms with van der Waals surface area (Å²) in [6, 6.07) is 1.07. The molecule has 1 aliphatic heterocycles. The highest BCUT2D eigenvalue weighted by atomic mass is 16.2. The lowest BCUT2D eigenvalue weighted by molar-refractivity contribution is 0.101. The summed E-state index contributed by atoms with van der Waals surface area (Å²) in [6.07, 6.45) is 4.86. The molecule has 1 saturated heterocycles. The van der Waals surface area contributed by atoms with Gasteiger partial charge in [0.15, 0.2) is 0 Å². The predicted molar refractivity (Wildman–Crippen MR) is 69.1 cm³/mol. The van der Waals surface area contributed by atoms with Crippen LogP contribution in [0.2, 0.25) is 0 Å². The fourth-order valence-corrected chi connectivity index (χ4v) is 2.99. The number of rotatable bonds is 2. The highest BCUT2D eigenvalue weighted by Crippen LogP contribution is 2.18. The van der Waals surface area contributed by atoms with Crippen LogP contribution in [0.3, 0.4) is 0 Å². The molecule has 2 amide bonds. The molecule has 4 nitrogen and oxygen atoms in total. The average molecular weight is 239 g/mol. The zero-order valence-corrected chi connectivity index (χ0v) is 11.1. The zero-order valence-electron chi connectivity index (χ0n) is 11.1. The molecule has 0 aromatic rings. The van der Waals surface area contributed by atoms with E-state index in [9.17, 15) is 4.79 Å². The van der Waals surface area contributed by atoms with Crippen LogP contribution in [0.5, 0.6) is 0 Å². The van der Waals surface area contributed by atoms with Crippen LogP contribution in [0.4, 0.5) is 4.79 Å². The molecule has 4 heteroatoms. The molecule has 0 aromatic carbocycles. The van der Waals surface area contributed by atoms with Gasteiger partial charge in [-0.25, -0.2) is 4.79 Å². The van der Waals surface area contributed by atoms with E-state index in [4.69, 9.17) is 0 Å². The molecule has 0 aromatic heterocycles. The van der Waals surface area contributed by atoms with Gasteiger partial charge in [0.1, 0.15) is 0 Å². The maximum atomic E-state index is 12.1. The van der Waals surface area contributed by atoms with E-state index >= 15 is 0 Å². The molecule has 1 atom stereocenters. The minimum atomic E-state index is 0.152. The molecule has 1 aliphatic carbocycles. The van der Waals surface area contributed by atoms with E-state index in [2.05, 4.69) is 24.1 Å². The van der Waals surface area contributed by atoms with Crippen molar-refractivity contribution in [3.8, 4) is 0 Å². The second kappa shape index (κ2) is 5.71. The summed E-state index contributed by atoms with van der Waals surface area (Å²) in [5.74, 6) is 0. The molecule has 0 radical (unpaired) electrons. The fraction of sp³-hybridized carbons (Fsp3) is 0.923. The van der Waals surface area contributed by atoms with Crippen molar-refractivity contribution in [2.75, 3.05) is 26.2 Å². The molecule has 17 heavy (non-hydrogen) atoms. The number of carbonyl (C=O) groups excluding carboxylic acids is 1. The van der Waals surface area contributed by atoms with Gasteiger partial charge in [-0.15, -0.1) is 0 Å². The van der Waals surface area contributed by atoms with E-state index in [0.717, 1.165) is 39.0 Å². The van der Waals surface area contributed by atoms with E-state index in [-0.39, 0.29) is 6.03 Å². The number of hydrogen-bond donors (Lipinski definition) is 1. The Balaban J connectivity index is 1.80. The molecule has 2 rings (SSSR count). The van der Waals surface area contributed by atoms with Gasteiger partial charge >= 0.3 is 6.03 Å². The summed E-state index contributed by atoms with van der Waals surface area (Å²) in [6.45, 7) is 8.22. The van der Waals surface area contributed by atoms with Crippen LogP contribution in [0, 0.1) is 0 Å². The Morgan fingerprint density at radius 1 is 1.29 bits per heavy atom. The van der Waals surface area contributed by atoms with Gasteiger partial charge in [-0.1, -0.05) is 19.8 Å². The monoisotopic (exact) mass is 239 g/mol. The Hall–Kier alpha value is -0.770. The van der Waals surface area contributed by atoms with Gasteiger partial charge < -0.3 is 10.2 Å². The van der Waals surface area contributed by atoms with E-state index in [0.29, 0.717) is 12.1 Å². The number of urea groups is 1. The molecule has 0 spiro atoms. The topological polar surface area (TPSA) is 35.6 Å². The maximum Gasteiger partial charge on any atom is 0.317 e. The molecular formula is C13H25N3O. The standard InChI is InChI=1S/C13H25N3O/c1-3-15-8-9-16(10-11(15)2)13(17)14-12-6-4-5-7-12/h11-12H,3-10H2,1-2H3,(H,14,17). The van der Waals surface area contributed by atoms with Crippen molar-refractivity contribution >= 4 is 6.03 Å². The summed E-state index contributed by atoms with van der Waals surface area (Å²) in [4.78, 5) is 16.5. The van der Waals surface area contributed by atoms with Crippen LogP contribution < -0.4 is 5.32 Å². The number of carbonyl (C=O) groups is 1. The molecule has 0 bridgehead atoms. The van der Waals surface area contributed by atoms with Crippen molar-refractivity contribution in [2.45, 2.75) is 51.6 Å². The van der Waals surface area contributed by atoms with Crippen LogP contribution in [-0.2, 0) is 0 Å². The first kappa shape index (κ1) is 12.7. The van der Waals surface area contributed by atoms with E-state index < -0.39 is 0 Å². The minimum absolute atomic E-state index is 0.152. The van der Waals surface area contributed by atoms with Crippen molar-refractivity contribution in [2.24, 2.45) is 0 Å². The number of nitrogens with zero attached hydrogens (tertiary/aromatic N) is 2. The summed E-state index contributed by atoms with van der Waals surface area (Å²) in [5, 5.41) is 3.17. The highest BCUT2D eigenvalue weighted by Gasteiger charge is 2.27. The van der Waals surface area contributed by atoms with E-state index in [1.165, 1.54) is 12.8 Å². The van der Waals surface area contributed by atoms with Crippen molar-refractivity contribution in [1.82, 2.24) is 15.1 Å². The molecule has 1 unspecified atom stereocenters. The number of piperazine rings is 1. The van der Waals surface area contributed by atoms with Crippen molar-refractivity contribution in [3.05, 3.63) is 0 Å². The number of hydrogen-bond acceptors (Lipinski definition) is 2. The average Bonchev–Trinajstić information content (AvgIpc) is 2.81. The third kappa shape index (κ3) is 3.12. The first-order valence-corrected chi connectivity index (χ1v) is 7.00. The molecule has 1 heterocycles. The SMILES string of the molecule is CCN1CCN(C(=O)NC2CCCC2)CC1C. The van der Waals surface area contributed by atoms with E-state index in [1.807, 2.05) is 4.90 Å². The Kier molecular flexibility index (Phi) is 4.26. The van der Waals surface area contributed by atoms with E-state index in [1.54, 1.807) is 0 Å². The van der Waals surface area contributed by atoms with Crippen LogP contribution in [0.1, 0.15) is 39.5 Å². The van der Waals surface area contributed by atoms with Crippen molar-refractivity contribution in [1.29, 1.82) is 0 Å². The van der Waals surface area contributed by atoms with Gasteiger partial charge in [-0.05, 0) is 26.3 Å². The fourth-order valence-electron chi connectivity index (χ4n) is 2.99. The van der Waals surface area contributed by atoms with Gasteiger partial charge in [0, 0.05) is 31.7 Å². The lowest BCUT2D eigenvalue weighted by atomic mass is 10.2. The highest BCUT2D eigenvalue weighted by molar-refractivity contribution is 5.74. The second-order valence-corrected chi connectivity index (χ2v) is 5.35. The first-order valence-electron chi connectivity index (χ1n) is 7.00. The van der Waals surface area contributed by atoms with Gasteiger partial charge in [-0.2, -0.15) is 0 Å². The lowest BCUT2D eigenvalue weighted by Crippen LogP contribution is -2.56. The number of likely N-dealkylation sites (N-methyl/N-ethyl adjacent to an activating group) is 1. The lowest BCUT2D eigenvalue weighted by Gasteiger charge is -2.39. The summed E-state index contributed by atoms with van der Waals surface area (Å²) >= 11 is 0. The Morgan fingerprint density at radius 3 is 2.59 bits per heavy atom. The van der Waals surface area contributed by atoms with Gasteiger partial charge in [0.25, 0.3) is 0 Å². The molecular weight excluding hydrogens is 214 g/mol. The maximum absolute atomic E-state index is 12.1. The molecule has 98 valence electrons. The van der Waals surface area contributed by atoms with Gasteiger partial charge in [0.2, 0.25) is 0 Å². The largest absolute Gasteiger partial charge is 0.335 e. The van der Waals surface area contributed by atoms with Crippen LogP contribution in [-0.4, -0.2) is 54.1 Å². The summed E-state index contributed by atoms with van der Waals surface area (Å²) < 4.78 is 0. The van der Waals surface area contributed by atoms with Crippen LogP contribution in [0.15, 0.2) is 0 Å². The third-order valence-corrected chi connectivity index (χ3v) is 4.14. The van der Waals surface area contributed by atoms with Gasteiger partial charge in [-0.3, -0.25) is 4.90 Å². The summed E-state index contributed by atoms with van der Waals surface area (Å²) in [7, 11) is 0. The Labute approximate surface area is 104 Å². The van der Waals surface area contributed by atoms with Crippen LogP contribution in [0.25, 0.3) is 0 Å². The van der Waals surface area contributed by atoms with Crippen molar-refractivity contribution in [3.63, 3.8) is 0 Å². The second-order valence-electron chi connectivity index (χ2n) is 5.35. The number of amides is 2. The normalized spacial score (nSPS) is 27.4. The molecule has 1 saturated carbocycles.